The van der Waals surface area contributed by atoms with Crippen LogP contribution in [-0.4, -0.2) is 28.5 Å². The second kappa shape index (κ2) is 5.16. The van der Waals surface area contributed by atoms with Crippen LogP contribution in [-0.2, 0) is 6.54 Å². The summed E-state index contributed by atoms with van der Waals surface area (Å²) in [5.74, 6) is 0.840. The van der Waals surface area contributed by atoms with Gasteiger partial charge in [0.2, 0.25) is 0 Å². The highest BCUT2D eigenvalue weighted by Crippen LogP contribution is 2.07. The summed E-state index contributed by atoms with van der Waals surface area (Å²) in [7, 11) is 0. The molecule has 0 saturated carbocycles. The molecule has 1 aromatic rings. The molecule has 0 aliphatic carbocycles. The average molecular weight is 211 g/mol. The number of aryl methyl sites for hydroxylation is 1. The Balaban J connectivity index is 2.20. The van der Waals surface area contributed by atoms with Gasteiger partial charge in [-0.2, -0.15) is 5.10 Å². The lowest BCUT2D eigenvalue weighted by Gasteiger charge is -2.20. The van der Waals surface area contributed by atoms with Crippen molar-refractivity contribution in [3.05, 3.63) is 12.4 Å². The van der Waals surface area contributed by atoms with Crippen molar-refractivity contribution in [2.45, 2.75) is 39.8 Å². The Labute approximate surface area is 91.6 Å². The normalized spacial score (nSPS) is 11.7. The summed E-state index contributed by atoms with van der Waals surface area (Å²) in [4.78, 5) is 0. The first-order chi connectivity index (χ1) is 7.01. The highest BCUT2D eigenvalue weighted by Gasteiger charge is 2.07. The third-order valence-electron chi connectivity index (χ3n) is 1.96. The van der Waals surface area contributed by atoms with Crippen molar-refractivity contribution in [3.8, 4) is 5.75 Å². The molecular weight excluding hydrogens is 190 g/mol. The molecule has 0 aliphatic rings. The summed E-state index contributed by atoms with van der Waals surface area (Å²) in [5, 5.41) is 7.49. The average Bonchev–Trinajstić information content (AvgIpc) is 2.59. The van der Waals surface area contributed by atoms with Gasteiger partial charge in [0.15, 0.2) is 5.75 Å². The third-order valence-corrected chi connectivity index (χ3v) is 1.96. The van der Waals surface area contributed by atoms with Crippen LogP contribution < -0.4 is 10.1 Å². The smallest absolute Gasteiger partial charge is 0.157 e. The molecule has 86 valence electrons. The van der Waals surface area contributed by atoms with Crippen molar-refractivity contribution in [2.24, 2.45) is 0 Å². The minimum atomic E-state index is 0.150. The molecule has 0 bridgehead atoms. The van der Waals surface area contributed by atoms with E-state index < -0.39 is 0 Å². The van der Waals surface area contributed by atoms with Crippen LogP contribution in [0.15, 0.2) is 12.4 Å². The van der Waals surface area contributed by atoms with Crippen LogP contribution in [0.25, 0.3) is 0 Å². The van der Waals surface area contributed by atoms with E-state index in [1.54, 1.807) is 6.20 Å². The van der Waals surface area contributed by atoms with Crippen LogP contribution in [0.2, 0.25) is 0 Å². The minimum Gasteiger partial charge on any atom is -0.489 e. The molecule has 1 rings (SSSR count). The molecule has 0 amide bonds. The van der Waals surface area contributed by atoms with Crippen LogP contribution in [0, 0.1) is 0 Å². The van der Waals surface area contributed by atoms with E-state index in [-0.39, 0.29) is 5.54 Å². The number of nitrogens with one attached hydrogen (secondary N) is 1. The Morgan fingerprint density at radius 3 is 2.73 bits per heavy atom. The van der Waals surface area contributed by atoms with Gasteiger partial charge < -0.3 is 10.1 Å². The maximum absolute atomic E-state index is 5.54. The van der Waals surface area contributed by atoms with Gasteiger partial charge in [-0.25, -0.2) is 0 Å². The van der Waals surface area contributed by atoms with Gasteiger partial charge in [-0.05, 0) is 27.7 Å². The molecule has 0 aromatic carbocycles. The molecule has 15 heavy (non-hydrogen) atoms. The summed E-state index contributed by atoms with van der Waals surface area (Å²) in [6.07, 6.45) is 3.66. The molecule has 0 fully saturated rings. The van der Waals surface area contributed by atoms with E-state index in [0.29, 0.717) is 6.61 Å². The first kappa shape index (κ1) is 12.0. The van der Waals surface area contributed by atoms with E-state index in [1.807, 2.05) is 10.9 Å². The maximum atomic E-state index is 5.54. The van der Waals surface area contributed by atoms with Crippen LogP contribution in [0.1, 0.15) is 27.7 Å². The predicted octanol–water partition coefficient (Wildman–Crippen LogP) is 1.67. The molecule has 4 heteroatoms. The summed E-state index contributed by atoms with van der Waals surface area (Å²) in [6.45, 7) is 10.9. The number of aromatic nitrogens is 2. The number of ether oxygens (including phenoxy) is 1. The van der Waals surface area contributed by atoms with Crippen molar-refractivity contribution in [1.82, 2.24) is 15.1 Å². The maximum Gasteiger partial charge on any atom is 0.157 e. The molecule has 4 nitrogen and oxygen atoms in total. The number of nitrogens with zero attached hydrogens (tertiary/aromatic N) is 2. The third kappa shape index (κ3) is 4.83. The fraction of sp³-hybridized carbons (Fsp3) is 0.727. The van der Waals surface area contributed by atoms with Gasteiger partial charge >= 0.3 is 0 Å². The lowest BCUT2D eigenvalue weighted by atomic mass is 10.1. The zero-order chi connectivity index (χ0) is 11.3. The summed E-state index contributed by atoms with van der Waals surface area (Å²) in [5.41, 5.74) is 0.150. The SMILES string of the molecule is CCn1cc(OCCNC(C)(C)C)cn1. The quantitative estimate of drug-likeness (QED) is 0.753. The Kier molecular flexibility index (Phi) is 4.15. The monoisotopic (exact) mass is 211 g/mol. The molecule has 0 atom stereocenters. The molecule has 0 spiro atoms. The molecule has 0 saturated heterocycles. The van der Waals surface area contributed by atoms with Crippen molar-refractivity contribution in [2.75, 3.05) is 13.2 Å². The lowest BCUT2D eigenvalue weighted by Crippen LogP contribution is -2.38. The van der Waals surface area contributed by atoms with E-state index in [9.17, 15) is 0 Å². The van der Waals surface area contributed by atoms with Crippen molar-refractivity contribution in [3.63, 3.8) is 0 Å². The van der Waals surface area contributed by atoms with Crippen LogP contribution >= 0.6 is 0 Å². The minimum absolute atomic E-state index is 0.150. The topological polar surface area (TPSA) is 39.1 Å². The number of rotatable bonds is 5. The zero-order valence-electron chi connectivity index (χ0n) is 10.1. The lowest BCUT2D eigenvalue weighted by molar-refractivity contribution is 0.290. The van der Waals surface area contributed by atoms with Crippen LogP contribution in [0.3, 0.4) is 0 Å². The van der Waals surface area contributed by atoms with Gasteiger partial charge in [0, 0.05) is 18.6 Å². The Bertz CT molecular complexity index is 288. The highest BCUT2D eigenvalue weighted by molar-refractivity contribution is 5.11. The summed E-state index contributed by atoms with van der Waals surface area (Å²) < 4.78 is 7.39. The van der Waals surface area contributed by atoms with E-state index in [0.717, 1.165) is 18.8 Å². The number of hydrogen-bond acceptors (Lipinski definition) is 3. The van der Waals surface area contributed by atoms with Gasteiger partial charge in [0.25, 0.3) is 0 Å². The van der Waals surface area contributed by atoms with E-state index in [1.165, 1.54) is 0 Å². The van der Waals surface area contributed by atoms with Gasteiger partial charge in [0.1, 0.15) is 6.61 Å². The van der Waals surface area contributed by atoms with Crippen molar-refractivity contribution < 1.29 is 4.74 Å². The summed E-state index contributed by atoms with van der Waals surface area (Å²) >= 11 is 0. The first-order valence-corrected chi connectivity index (χ1v) is 5.41. The van der Waals surface area contributed by atoms with Crippen molar-refractivity contribution in [1.29, 1.82) is 0 Å². The molecule has 0 unspecified atom stereocenters. The predicted molar refractivity (Wildman–Crippen MR) is 61.2 cm³/mol. The van der Waals surface area contributed by atoms with E-state index in [2.05, 4.69) is 38.1 Å². The van der Waals surface area contributed by atoms with Gasteiger partial charge in [-0.3, -0.25) is 4.68 Å². The van der Waals surface area contributed by atoms with Gasteiger partial charge in [-0.1, -0.05) is 0 Å². The second-order valence-corrected chi connectivity index (χ2v) is 4.56. The molecule has 1 N–H and O–H groups in total. The van der Waals surface area contributed by atoms with E-state index >= 15 is 0 Å². The molecular formula is C11H21N3O. The van der Waals surface area contributed by atoms with Gasteiger partial charge in [-0.15, -0.1) is 0 Å². The van der Waals surface area contributed by atoms with Crippen LogP contribution in [0.5, 0.6) is 5.75 Å². The molecule has 1 aromatic heterocycles. The Morgan fingerprint density at radius 1 is 1.47 bits per heavy atom. The molecule has 0 aliphatic heterocycles. The summed E-state index contributed by atoms with van der Waals surface area (Å²) in [6, 6.07) is 0. The first-order valence-electron chi connectivity index (χ1n) is 5.41. The Morgan fingerprint density at radius 2 is 2.20 bits per heavy atom. The van der Waals surface area contributed by atoms with Crippen LogP contribution in [0.4, 0.5) is 0 Å². The highest BCUT2D eigenvalue weighted by atomic mass is 16.5. The Hall–Kier alpha value is -1.03. The number of hydrogen-bond donors (Lipinski definition) is 1. The largest absolute Gasteiger partial charge is 0.489 e. The molecule has 0 radical (unpaired) electrons. The standard InChI is InChI=1S/C11H21N3O/c1-5-14-9-10(8-13-14)15-7-6-12-11(2,3)4/h8-9,12H,5-7H2,1-4H3. The second-order valence-electron chi connectivity index (χ2n) is 4.56. The molecule has 1 heterocycles. The van der Waals surface area contributed by atoms with E-state index in [4.69, 9.17) is 4.74 Å². The van der Waals surface area contributed by atoms with Crippen molar-refractivity contribution >= 4 is 0 Å². The zero-order valence-corrected chi connectivity index (χ0v) is 10.1. The van der Waals surface area contributed by atoms with Gasteiger partial charge in [0.05, 0.1) is 12.4 Å². The fourth-order valence-corrected chi connectivity index (χ4v) is 1.19. The fourth-order valence-electron chi connectivity index (χ4n) is 1.19.